The van der Waals surface area contributed by atoms with Crippen LogP contribution in [0.1, 0.15) is 62.9 Å². The first-order valence-corrected chi connectivity index (χ1v) is 15.0. The van der Waals surface area contributed by atoms with E-state index >= 15 is 0 Å². The van der Waals surface area contributed by atoms with E-state index in [0.717, 1.165) is 42.3 Å². The number of sulfonamides is 1. The molecular weight excluding hydrogens is 527 g/mol. The van der Waals surface area contributed by atoms with Gasteiger partial charge in [-0.05, 0) is 82.9 Å². The lowest BCUT2D eigenvalue weighted by Gasteiger charge is -2.43. The van der Waals surface area contributed by atoms with Gasteiger partial charge < -0.3 is 14.4 Å². The summed E-state index contributed by atoms with van der Waals surface area (Å²) in [4.78, 5) is 17.7. The minimum atomic E-state index is -3.74. The van der Waals surface area contributed by atoms with Crippen molar-refractivity contribution in [2.24, 2.45) is 0 Å². The Morgan fingerprint density at radius 3 is 2.26 bits per heavy atom. The van der Waals surface area contributed by atoms with E-state index in [1.165, 1.54) is 18.2 Å². The molecule has 1 aliphatic carbocycles. The summed E-state index contributed by atoms with van der Waals surface area (Å²) in [5, 5.41) is 1.01. The van der Waals surface area contributed by atoms with Gasteiger partial charge in [-0.25, -0.2) is 17.5 Å². The Bertz CT molecular complexity index is 1530. The van der Waals surface area contributed by atoms with E-state index in [-0.39, 0.29) is 27.9 Å². The van der Waals surface area contributed by atoms with Crippen LogP contribution >= 0.6 is 11.6 Å². The van der Waals surface area contributed by atoms with E-state index in [0.29, 0.717) is 24.7 Å². The molecule has 202 valence electrons. The van der Waals surface area contributed by atoms with Gasteiger partial charge in [0.2, 0.25) is 10.0 Å². The third-order valence-corrected chi connectivity index (χ3v) is 9.72. The summed E-state index contributed by atoms with van der Waals surface area (Å²) in [7, 11) is -3.74. The predicted octanol–water partition coefficient (Wildman–Crippen LogP) is 5.34. The Morgan fingerprint density at radius 2 is 1.66 bits per heavy atom. The van der Waals surface area contributed by atoms with Crippen molar-refractivity contribution < 1.29 is 17.6 Å². The number of aromatic nitrogens is 1. The fourth-order valence-corrected chi connectivity index (χ4v) is 7.75. The predicted molar refractivity (Wildman–Crippen MR) is 147 cm³/mol. The molecule has 2 bridgehead atoms. The van der Waals surface area contributed by atoms with Gasteiger partial charge >= 0.3 is 0 Å². The molecule has 2 aliphatic heterocycles. The molecule has 3 fully saturated rings. The van der Waals surface area contributed by atoms with Gasteiger partial charge in [0.25, 0.3) is 5.91 Å². The fraction of sp³-hybridized carbons (Fsp3) is 0.464. The topological polar surface area (TPSA) is 74.7 Å². The van der Waals surface area contributed by atoms with Crippen LogP contribution in [0.2, 0.25) is 5.02 Å². The number of hydrogen-bond acceptors (Lipinski definition) is 4. The van der Waals surface area contributed by atoms with Crippen molar-refractivity contribution in [3.63, 3.8) is 0 Å². The minimum Gasteiger partial charge on any atom is -0.360 e. The van der Waals surface area contributed by atoms with E-state index in [9.17, 15) is 17.6 Å². The third-order valence-electron chi connectivity index (χ3n) is 7.67. The van der Waals surface area contributed by atoms with Crippen molar-refractivity contribution in [3.8, 4) is 0 Å². The van der Waals surface area contributed by atoms with Crippen LogP contribution < -0.4 is 9.62 Å². The number of halogens is 2. The molecule has 2 saturated heterocycles. The van der Waals surface area contributed by atoms with Gasteiger partial charge in [-0.2, -0.15) is 0 Å². The summed E-state index contributed by atoms with van der Waals surface area (Å²) < 4.78 is 45.4. The molecule has 1 saturated carbocycles. The van der Waals surface area contributed by atoms with Gasteiger partial charge in [-0.15, -0.1) is 0 Å². The van der Waals surface area contributed by atoms with Crippen LogP contribution in [0, 0.1) is 5.82 Å². The molecule has 38 heavy (non-hydrogen) atoms. The molecule has 0 radical (unpaired) electrons. The second-order valence-electron chi connectivity index (χ2n) is 11.8. The van der Waals surface area contributed by atoms with Gasteiger partial charge in [0, 0.05) is 48.3 Å². The maximum Gasteiger partial charge on any atom is 0.255 e. The molecule has 3 aliphatic rings. The molecule has 7 nitrogen and oxygen atoms in total. The molecule has 0 unspecified atom stereocenters. The van der Waals surface area contributed by atoms with Crippen LogP contribution in [-0.4, -0.2) is 54.5 Å². The van der Waals surface area contributed by atoms with Gasteiger partial charge in [-0.3, -0.25) is 4.79 Å². The number of likely N-dealkylation sites (tertiary alicyclic amines) is 1. The van der Waals surface area contributed by atoms with Crippen molar-refractivity contribution in [2.75, 3.05) is 18.0 Å². The number of amides is 1. The molecule has 3 heterocycles. The Morgan fingerprint density at radius 1 is 1.00 bits per heavy atom. The van der Waals surface area contributed by atoms with Crippen molar-refractivity contribution in [3.05, 3.63) is 59.0 Å². The summed E-state index contributed by atoms with van der Waals surface area (Å²) in [6.07, 6.45) is 6.09. The minimum absolute atomic E-state index is 0.0382. The lowest BCUT2D eigenvalue weighted by atomic mass is 10.1. The SMILES string of the molecule is CC(C)(C)NS(=O)(=O)c1cc(N2[C@@H]3CC[C@H]2CN(C(=O)c2ccc(F)cc2Cl)C3)c2c(ccn2C2CC2)c1. The number of carbonyl (C=O) groups excluding carboxylic acids is 1. The molecule has 1 aromatic heterocycles. The third kappa shape index (κ3) is 4.58. The van der Waals surface area contributed by atoms with Crippen molar-refractivity contribution in [1.82, 2.24) is 14.2 Å². The highest BCUT2D eigenvalue weighted by Gasteiger charge is 2.43. The number of piperazine rings is 1. The standard InChI is InChI=1S/C28H32ClFN4O3S/c1-28(2,3)31-38(36,37)22-12-17-10-11-33(19-5-6-19)26(17)25(14-22)34-20-7-8-21(34)16-32(15-20)27(35)23-9-4-18(30)13-24(23)29/h4,9-14,19-21,31H,5-8,15-16H2,1-3H3/t20-,21+. The monoisotopic (exact) mass is 558 g/mol. The van der Waals surface area contributed by atoms with Crippen LogP contribution in [-0.2, 0) is 10.0 Å². The van der Waals surface area contributed by atoms with Crippen molar-refractivity contribution in [1.29, 1.82) is 0 Å². The van der Waals surface area contributed by atoms with Gasteiger partial charge in [0.1, 0.15) is 5.82 Å². The summed E-state index contributed by atoms with van der Waals surface area (Å²) >= 11 is 6.20. The Hall–Kier alpha value is -2.62. The van der Waals surface area contributed by atoms with E-state index < -0.39 is 21.4 Å². The van der Waals surface area contributed by atoms with Gasteiger partial charge in [0.15, 0.2) is 0 Å². The maximum absolute atomic E-state index is 13.6. The first-order valence-electron chi connectivity index (χ1n) is 13.1. The number of anilines is 1. The number of benzene rings is 2. The maximum atomic E-state index is 13.6. The first kappa shape index (κ1) is 25.6. The van der Waals surface area contributed by atoms with Crippen LogP contribution in [0.4, 0.5) is 10.1 Å². The van der Waals surface area contributed by atoms with E-state index in [2.05, 4.69) is 20.4 Å². The van der Waals surface area contributed by atoms with Crippen LogP contribution in [0.5, 0.6) is 0 Å². The zero-order valence-corrected chi connectivity index (χ0v) is 23.3. The zero-order chi connectivity index (χ0) is 27.0. The normalized spacial score (nSPS) is 21.9. The molecule has 2 atom stereocenters. The molecule has 0 spiro atoms. The average Bonchev–Trinajstić information content (AvgIpc) is 3.52. The van der Waals surface area contributed by atoms with E-state index in [1.807, 2.05) is 32.9 Å². The summed E-state index contributed by atoms with van der Waals surface area (Å²) in [5.41, 5.74) is 1.65. The molecule has 2 aromatic carbocycles. The largest absolute Gasteiger partial charge is 0.360 e. The molecule has 6 rings (SSSR count). The molecule has 3 aromatic rings. The lowest BCUT2D eigenvalue weighted by Crippen LogP contribution is -2.55. The summed E-state index contributed by atoms with van der Waals surface area (Å²) in [6, 6.07) is 9.96. The highest BCUT2D eigenvalue weighted by atomic mass is 35.5. The Balaban J connectivity index is 1.39. The summed E-state index contributed by atoms with van der Waals surface area (Å²) in [6.45, 7) is 6.48. The number of rotatable bonds is 5. The molecule has 10 heteroatoms. The quantitative estimate of drug-likeness (QED) is 0.459. The highest BCUT2D eigenvalue weighted by molar-refractivity contribution is 7.89. The van der Waals surface area contributed by atoms with Crippen molar-refractivity contribution in [2.45, 2.75) is 75.0 Å². The van der Waals surface area contributed by atoms with Gasteiger partial charge in [0.05, 0.1) is 26.7 Å². The number of nitrogens with one attached hydrogen (secondary N) is 1. The van der Waals surface area contributed by atoms with Crippen molar-refractivity contribution >= 4 is 44.1 Å². The highest BCUT2D eigenvalue weighted by Crippen LogP contribution is 2.45. The van der Waals surface area contributed by atoms with Crippen LogP contribution in [0.3, 0.4) is 0 Å². The Labute approximate surface area is 227 Å². The Kier molecular flexibility index (Phi) is 6.05. The van der Waals surface area contributed by atoms with Gasteiger partial charge in [-0.1, -0.05) is 11.6 Å². The average molecular weight is 559 g/mol. The number of carbonyl (C=O) groups is 1. The van der Waals surface area contributed by atoms with E-state index in [4.69, 9.17) is 11.6 Å². The second kappa shape index (κ2) is 8.96. The lowest BCUT2D eigenvalue weighted by molar-refractivity contribution is 0.0718. The van der Waals surface area contributed by atoms with Crippen LogP contribution in [0.15, 0.2) is 47.5 Å². The van der Waals surface area contributed by atoms with Crippen LogP contribution in [0.25, 0.3) is 10.9 Å². The first-order chi connectivity index (χ1) is 17.9. The number of fused-ring (bicyclic) bond motifs is 3. The number of hydrogen-bond donors (Lipinski definition) is 1. The van der Waals surface area contributed by atoms with E-state index in [1.54, 1.807) is 11.0 Å². The number of nitrogens with zero attached hydrogens (tertiary/aromatic N) is 3. The smallest absolute Gasteiger partial charge is 0.255 e. The zero-order valence-electron chi connectivity index (χ0n) is 21.7. The fourth-order valence-electron chi connectivity index (χ4n) is 6.02. The molecule has 1 amide bonds. The molecule has 1 N–H and O–H groups in total. The summed E-state index contributed by atoms with van der Waals surface area (Å²) in [5.74, 6) is -0.682. The molecular formula is C28H32ClFN4O3S. The second-order valence-corrected chi connectivity index (χ2v) is 13.9.